The lowest BCUT2D eigenvalue weighted by atomic mass is 10.2. The average molecular weight is 284 g/mol. The maximum Gasteiger partial charge on any atom is 0.119 e. The molecule has 0 saturated carbocycles. The molecule has 0 aliphatic carbocycles. The lowest BCUT2D eigenvalue weighted by Gasteiger charge is -2.13. The predicted octanol–water partition coefficient (Wildman–Crippen LogP) is 0.878. The molecule has 6 nitrogen and oxygen atoms in total. The van der Waals surface area contributed by atoms with E-state index in [-0.39, 0.29) is 6.61 Å². The maximum absolute atomic E-state index is 9.81. The Labute approximate surface area is 123 Å². The zero-order valence-electron chi connectivity index (χ0n) is 11.4. The Balaban J connectivity index is 1.67. The number of aliphatic hydroxyl groups is 1. The van der Waals surface area contributed by atoms with Gasteiger partial charge in [-0.15, -0.1) is 0 Å². The van der Waals surface area contributed by atoms with Gasteiger partial charge in [0.15, 0.2) is 0 Å². The van der Waals surface area contributed by atoms with Crippen LogP contribution in [0.25, 0.3) is 0 Å². The fourth-order valence-corrected chi connectivity index (χ4v) is 1.67. The van der Waals surface area contributed by atoms with E-state index in [1.165, 1.54) is 0 Å². The monoisotopic (exact) mass is 284 g/mol. The fraction of sp³-hybridized carbons (Fsp3) is 0.267. The number of benzene rings is 1. The lowest BCUT2D eigenvalue weighted by molar-refractivity contribution is 0.106. The van der Waals surface area contributed by atoms with Crippen LogP contribution in [0.4, 0.5) is 0 Å². The predicted molar refractivity (Wildman–Crippen MR) is 76.4 cm³/mol. The molecule has 2 N–H and O–H groups in total. The highest BCUT2D eigenvalue weighted by atomic mass is 16.5. The van der Waals surface area contributed by atoms with Crippen molar-refractivity contribution < 1.29 is 9.84 Å². The van der Waals surface area contributed by atoms with Crippen LogP contribution in [0.3, 0.4) is 0 Å². The van der Waals surface area contributed by atoms with E-state index in [0.29, 0.717) is 24.4 Å². The van der Waals surface area contributed by atoms with Gasteiger partial charge in [0.1, 0.15) is 18.5 Å². The quantitative estimate of drug-likeness (QED) is 0.784. The van der Waals surface area contributed by atoms with E-state index in [2.05, 4.69) is 15.5 Å². The van der Waals surface area contributed by atoms with Crippen molar-refractivity contribution in [1.82, 2.24) is 15.5 Å². The smallest absolute Gasteiger partial charge is 0.119 e. The Kier molecular flexibility index (Phi) is 5.64. The van der Waals surface area contributed by atoms with Crippen molar-refractivity contribution in [2.45, 2.75) is 12.6 Å². The summed E-state index contributed by atoms with van der Waals surface area (Å²) in [6, 6.07) is 12.5. The maximum atomic E-state index is 9.81. The highest BCUT2D eigenvalue weighted by molar-refractivity contribution is 5.34. The van der Waals surface area contributed by atoms with Gasteiger partial charge in [0.2, 0.25) is 0 Å². The van der Waals surface area contributed by atoms with Gasteiger partial charge in [-0.3, -0.25) is 0 Å². The Morgan fingerprint density at radius 3 is 2.76 bits per heavy atom. The van der Waals surface area contributed by atoms with E-state index in [4.69, 9.17) is 10.00 Å². The number of hydrogen-bond acceptors (Lipinski definition) is 6. The summed E-state index contributed by atoms with van der Waals surface area (Å²) in [7, 11) is 0. The van der Waals surface area contributed by atoms with Crippen LogP contribution in [0.5, 0.6) is 5.75 Å². The van der Waals surface area contributed by atoms with Crippen molar-refractivity contribution in [3.05, 3.63) is 53.9 Å². The van der Waals surface area contributed by atoms with E-state index in [1.807, 2.05) is 18.2 Å². The van der Waals surface area contributed by atoms with Crippen LogP contribution < -0.4 is 10.1 Å². The lowest BCUT2D eigenvalue weighted by Crippen LogP contribution is -2.31. The third kappa shape index (κ3) is 5.18. The normalized spacial score (nSPS) is 11.6. The molecule has 1 unspecified atom stereocenters. The molecular weight excluding hydrogens is 268 g/mol. The summed E-state index contributed by atoms with van der Waals surface area (Å²) in [4.78, 5) is 0. The number of aromatic nitrogens is 2. The summed E-state index contributed by atoms with van der Waals surface area (Å²) in [6.45, 7) is 1.12. The average Bonchev–Trinajstić information content (AvgIpc) is 2.54. The summed E-state index contributed by atoms with van der Waals surface area (Å²) in [5, 5.41) is 29.3. The molecular formula is C15H16N4O2. The molecule has 0 radical (unpaired) electrons. The van der Waals surface area contributed by atoms with E-state index in [9.17, 15) is 5.11 Å². The van der Waals surface area contributed by atoms with Crippen molar-refractivity contribution in [2.75, 3.05) is 13.2 Å². The first kappa shape index (κ1) is 14.9. The van der Waals surface area contributed by atoms with Crippen LogP contribution in [-0.4, -0.2) is 34.6 Å². The van der Waals surface area contributed by atoms with Gasteiger partial charge in [-0.2, -0.15) is 15.5 Å². The molecule has 1 heterocycles. The number of hydrogen-bond donors (Lipinski definition) is 2. The molecule has 0 amide bonds. The van der Waals surface area contributed by atoms with Gasteiger partial charge in [0, 0.05) is 19.3 Å². The molecule has 0 spiro atoms. The summed E-state index contributed by atoms with van der Waals surface area (Å²) < 4.78 is 5.44. The highest BCUT2D eigenvalue weighted by Crippen LogP contribution is 2.11. The molecule has 0 saturated heterocycles. The van der Waals surface area contributed by atoms with Crippen LogP contribution in [0.2, 0.25) is 0 Å². The Morgan fingerprint density at radius 2 is 2.10 bits per heavy atom. The summed E-state index contributed by atoms with van der Waals surface area (Å²) >= 11 is 0. The van der Waals surface area contributed by atoms with Crippen LogP contribution in [-0.2, 0) is 6.54 Å². The van der Waals surface area contributed by atoms with Crippen molar-refractivity contribution in [1.29, 1.82) is 5.26 Å². The zero-order valence-corrected chi connectivity index (χ0v) is 11.4. The second-order valence-electron chi connectivity index (χ2n) is 4.45. The van der Waals surface area contributed by atoms with Crippen LogP contribution in [0, 0.1) is 11.3 Å². The minimum atomic E-state index is -0.627. The largest absolute Gasteiger partial charge is 0.491 e. The van der Waals surface area contributed by atoms with Crippen molar-refractivity contribution in [3.63, 3.8) is 0 Å². The number of rotatable bonds is 7. The van der Waals surface area contributed by atoms with Gasteiger partial charge < -0.3 is 15.2 Å². The molecule has 0 bridgehead atoms. The van der Waals surface area contributed by atoms with E-state index in [1.54, 1.807) is 30.5 Å². The first-order valence-electron chi connectivity index (χ1n) is 6.56. The minimum absolute atomic E-state index is 0.180. The van der Waals surface area contributed by atoms with Crippen LogP contribution in [0.1, 0.15) is 11.3 Å². The fourth-order valence-electron chi connectivity index (χ4n) is 1.67. The Hall–Kier alpha value is -2.49. The SMILES string of the molecule is N#Cc1ccc(OCC(O)CNCc2cccnn2)cc1. The first-order chi connectivity index (χ1) is 10.3. The summed E-state index contributed by atoms with van der Waals surface area (Å²) in [6.07, 6.45) is 0.987. The molecule has 1 aromatic carbocycles. The standard InChI is InChI=1S/C15H16N4O2/c16-8-12-3-5-15(6-4-12)21-11-14(20)10-17-9-13-2-1-7-18-19-13/h1-7,14,17,20H,9-11H2. The molecule has 21 heavy (non-hydrogen) atoms. The number of aliphatic hydroxyl groups excluding tert-OH is 1. The number of ether oxygens (including phenoxy) is 1. The van der Waals surface area contributed by atoms with Gasteiger partial charge in [-0.25, -0.2) is 0 Å². The number of nitrogens with zero attached hydrogens (tertiary/aromatic N) is 3. The second-order valence-corrected chi connectivity index (χ2v) is 4.45. The van der Waals surface area contributed by atoms with Crippen molar-refractivity contribution in [2.24, 2.45) is 0 Å². The number of nitrogens with one attached hydrogen (secondary N) is 1. The third-order valence-electron chi connectivity index (χ3n) is 2.74. The third-order valence-corrected chi connectivity index (χ3v) is 2.74. The van der Waals surface area contributed by atoms with E-state index < -0.39 is 6.10 Å². The van der Waals surface area contributed by atoms with Gasteiger partial charge in [-0.05, 0) is 36.4 Å². The Bertz CT molecular complexity index is 581. The number of nitriles is 1. The first-order valence-corrected chi connectivity index (χ1v) is 6.56. The topological polar surface area (TPSA) is 91.1 Å². The zero-order chi connectivity index (χ0) is 14.9. The molecule has 108 valence electrons. The summed E-state index contributed by atoms with van der Waals surface area (Å²) in [5.41, 5.74) is 1.39. The molecule has 0 fully saturated rings. The molecule has 6 heteroatoms. The van der Waals surface area contributed by atoms with E-state index in [0.717, 1.165) is 5.69 Å². The molecule has 1 aromatic heterocycles. The minimum Gasteiger partial charge on any atom is -0.491 e. The van der Waals surface area contributed by atoms with Gasteiger partial charge in [0.05, 0.1) is 17.3 Å². The van der Waals surface area contributed by atoms with Gasteiger partial charge in [-0.1, -0.05) is 0 Å². The van der Waals surface area contributed by atoms with Crippen LogP contribution >= 0.6 is 0 Å². The molecule has 0 aliphatic heterocycles. The van der Waals surface area contributed by atoms with Gasteiger partial charge in [0.25, 0.3) is 0 Å². The second kappa shape index (κ2) is 7.94. The Morgan fingerprint density at radius 1 is 1.29 bits per heavy atom. The molecule has 2 rings (SSSR count). The van der Waals surface area contributed by atoms with E-state index >= 15 is 0 Å². The van der Waals surface area contributed by atoms with Crippen molar-refractivity contribution >= 4 is 0 Å². The molecule has 1 atom stereocenters. The van der Waals surface area contributed by atoms with Crippen LogP contribution in [0.15, 0.2) is 42.6 Å². The molecule has 2 aromatic rings. The van der Waals surface area contributed by atoms with Crippen molar-refractivity contribution in [3.8, 4) is 11.8 Å². The van der Waals surface area contributed by atoms with Gasteiger partial charge >= 0.3 is 0 Å². The molecule has 0 aliphatic rings. The summed E-state index contributed by atoms with van der Waals surface area (Å²) in [5.74, 6) is 0.627. The highest BCUT2D eigenvalue weighted by Gasteiger charge is 2.05.